The molecule has 0 radical (unpaired) electrons. The van der Waals surface area contributed by atoms with Gasteiger partial charge in [0.15, 0.2) is 0 Å². The first-order valence-corrected chi connectivity index (χ1v) is 9.13. The van der Waals surface area contributed by atoms with Gasteiger partial charge in [-0.2, -0.15) is 9.40 Å². The van der Waals surface area contributed by atoms with E-state index in [1.54, 1.807) is 6.07 Å². The molecule has 1 aliphatic heterocycles. The van der Waals surface area contributed by atoms with E-state index < -0.39 is 10.0 Å². The lowest BCUT2D eigenvalue weighted by atomic mass is 10.0. The molecular formula is C14H17ClN4O2S. The normalized spacial score (nSPS) is 15.8. The fourth-order valence-corrected chi connectivity index (χ4v) is 3.65. The third-order valence-electron chi connectivity index (χ3n) is 3.91. The van der Waals surface area contributed by atoms with Gasteiger partial charge in [0.05, 0.1) is 11.9 Å². The van der Waals surface area contributed by atoms with Crippen LogP contribution in [-0.4, -0.2) is 35.7 Å². The maximum atomic E-state index is 11.8. The van der Waals surface area contributed by atoms with Gasteiger partial charge in [0.25, 0.3) is 0 Å². The Morgan fingerprint density at radius 2 is 2.23 bits per heavy atom. The molecular weight excluding hydrogens is 324 g/mol. The van der Waals surface area contributed by atoms with Gasteiger partial charge in [0.1, 0.15) is 0 Å². The second-order valence-corrected chi connectivity index (χ2v) is 7.78. The number of rotatable bonds is 3. The summed E-state index contributed by atoms with van der Waals surface area (Å²) in [5.74, 6) is 0. The predicted octanol–water partition coefficient (Wildman–Crippen LogP) is 1.51. The van der Waals surface area contributed by atoms with Crippen LogP contribution in [0.1, 0.15) is 16.8 Å². The molecule has 8 heteroatoms. The minimum Gasteiger partial charge on any atom is -0.326 e. The smallest absolute Gasteiger partial charge is 0.211 e. The highest BCUT2D eigenvalue weighted by Crippen LogP contribution is 2.31. The summed E-state index contributed by atoms with van der Waals surface area (Å²) in [6.45, 7) is 1.15. The van der Waals surface area contributed by atoms with E-state index in [4.69, 9.17) is 17.3 Å². The van der Waals surface area contributed by atoms with Crippen molar-refractivity contribution >= 4 is 21.6 Å². The van der Waals surface area contributed by atoms with Crippen LogP contribution in [0.25, 0.3) is 11.3 Å². The van der Waals surface area contributed by atoms with E-state index in [1.165, 1.54) is 10.6 Å². The van der Waals surface area contributed by atoms with Crippen LogP contribution < -0.4 is 5.73 Å². The van der Waals surface area contributed by atoms with E-state index in [0.29, 0.717) is 31.1 Å². The van der Waals surface area contributed by atoms with E-state index in [0.717, 1.165) is 28.1 Å². The lowest BCUT2D eigenvalue weighted by Crippen LogP contribution is -2.35. The Balaban J connectivity index is 2.03. The third-order valence-corrected chi connectivity index (χ3v) is 5.52. The number of fused-ring (bicyclic) bond motifs is 1. The Bertz CT molecular complexity index is 816. The SMILES string of the molecule is CS(=O)(=O)N1CCc2[nH]nc(-c3ccc(Cl)c(CN)c3)c2C1. The van der Waals surface area contributed by atoms with Crippen LogP contribution in [0, 0.1) is 0 Å². The molecule has 0 unspecified atom stereocenters. The average Bonchev–Trinajstić information content (AvgIpc) is 2.90. The number of sulfonamides is 1. The minimum absolute atomic E-state index is 0.334. The van der Waals surface area contributed by atoms with Gasteiger partial charge < -0.3 is 5.73 Å². The number of H-pyrrole nitrogens is 1. The number of benzene rings is 1. The van der Waals surface area contributed by atoms with Crippen LogP contribution >= 0.6 is 11.6 Å². The second-order valence-electron chi connectivity index (χ2n) is 5.39. The Labute approximate surface area is 134 Å². The molecule has 118 valence electrons. The standard InChI is InChI=1S/C14H17ClN4O2S/c1-22(20,21)19-5-4-13-11(8-19)14(18-17-13)9-2-3-12(15)10(6-9)7-16/h2-3,6H,4-5,7-8,16H2,1H3,(H,17,18). The van der Waals surface area contributed by atoms with Crippen molar-refractivity contribution in [1.82, 2.24) is 14.5 Å². The fourth-order valence-electron chi connectivity index (χ4n) is 2.67. The van der Waals surface area contributed by atoms with Crippen LogP contribution in [0.5, 0.6) is 0 Å². The molecule has 1 aliphatic rings. The third kappa shape index (κ3) is 2.77. The molecule has 3 N–H and O–H groups in total. The zero-order valence-electron chi connectivity index (χ0n) is 12.1. The monoisotopic (exact) mass is 340 g/mol. The summed E-state index contributed by atoms with van der Waals surface area (Å²) in [6.07, 6.45) is 1.86. The van der Waals surface area contributed by atoms with Crippen LogP contribution in [0.3, 0.4) is 0 Å². The molecule has 0 aliphatic carbocycles. The summed E-state index contributed by atoms with van der Waals surface area (Å²) in [4.78, 5) is 0. The Kier molecular flexibility index (Phi) is 3.98. The van der Waals surface area contributed by atoms with Gasteiger partial charge in [-0.3, -0.25) is 5.10 Å². The zero-order valence-corrected chi connectivity index (χ0v) is 13.7. The van der Waals surface area contributed by atoms with Gasteiger partial charge in [-0.15, -0.1) is 0 Å². The molecule has 1 aromatic carbocycles. The van der Waals surface area contributed by atoms with Gasteiger partial charge in [0, 0.05) is 47.9 Å². The highest BCUT2D eigenvalue weighted by molar-refractivity contribution is 7.88. The van der Waals surface area contributed by atoms with Gasteiger partial charge >= 0.3 is 0 Å². The van der Waals surface area contributed by atoms with Crippen molar-refractivity contribution in [2.24, 2.45) is 5.73 Å². The topological polar surface area (TPSA) is 92.1 Å². The zero-order chi connectivity index (χ0) is 15.9. The number of nitrogens with zero attached hydrogens (tertiary/aromatic N) is 2. The molecule has 22 heavy (non-hydrogen) atoms. The molecule has 6 nitrogen and oxygen atoms in total. The summed E-state index contributed by atoms with van der Waals surface area (Å²) in [7, 11) is -3.21. The number of hydrogen-bond acceptors (Lipinski definition) is 4. The molecule has 0 atom stereocenters. The lowest BCUT2D eigenvalue weighted by Gasteiger charge is -2.24. The number of nitrogens with one attached hydrogen (secondary N) is 1. The van der Waals surface area contributed by atoms with E-state index in [1.807, 2.05) is 12.1 Å². The van der Waals surface area contributed by atoms with Crippen molar-refractivity contribution in [1.29, 1.82) is 0 Å². The van der Waals surface area contributed by atoms with Gasteiger partial charge in [-0.05, 0) is 17.7 Å². The molecule has 3 rings (SSSR count). The number of aromatic nitrogens is 2. The number of hydrogen-bond donors (Lipinski definition) is 2. The number of nitrogens with two attached hydrogens (primary N) is 1. The van der Waals surface area contributed by atoms with Crippen LogP contribution in [-0.2, 0) is 29.5 Å². The highest BCUT2D eigenvalue weighted by atomic mass is 35.5. The summed E-state index contributed by atoms with van der Waals surface area (Å²) in [6, 6.07) is 5.56. The largest absolute Gasteiger partial charge is 0.326 e. The molecule has 1 aromatic heterocycles. The van der Waals surface area contributed by atoms with E-state index in [-0.39, 0.29) is 0 Å². The van der Waals surface area contributed by atoms with E-state index in [2.05, 4.69) is 10.2 Å². The van der Waals surface area contributed by atoms with E-state index in [9.17, 15) is 8.42 Å². The Hall–Kier alpha value is -1.41. The van der Waals surface area contributed by atoms with Crippen LogP contribution in [0.4, 0.5) is 0 Å². The fraction of sp³-hybridized carbons (Fsp3) is 0.357. The Morgan fingerprint density at radius 1 is 1.45 bits per heavy atom. The Morgan fingerprint density at radius 3 is 2.91 bits per heavy atom. The minimum atomic E-state index is -3.21. The lowest BCUT2D eigenvalue weighted by molar-refractivity contribution is 0.394. The van der Waals surface area contributed by atoms with Crippen LogP contribution in [0.2, 0.25) is 5.02 Å². The van der Waals surface area contributed by atoms with Crippen LogP contribution in [0.15, 0.2) is 18.2 Å². The summed E-state index contributed by atoms with van der Waals surface area (Å²) < 4.78 is 25.0. The number of aromatic amines is 1. The second kappa shape index (κ2) is 5.66. The van der Waals surface area contributed by atoms with Crippen molar-refractivity contribution in [3.8, 4) is 11.3 Å². The van der Waals surface area contributed by atoms with Crippen molar-refractivity contribution < 1.29 is 8.42 Å². The molecule has 0 amide bonds. The molecule has 0 saturated carbocycles. The van der Waals surface area contributed by atoms with Gasteiger partial charge in [0.2, 0.25) is 10.0 Å². The predicted molar refractivity (Wildman–Crippen MR) is 85.9 cm³/mol. The molecule has 0 saturated heterocycles. The summed E-state index contributed by atoms with van der Waals surface area (Å²) in [5.41, 5.74) is 10.1. The molecule has 2 heterocycles. The summed E-state index contributed by atoms with van der Waals surface area (Å²) >= 11 is 6.09. The molecule has 0 spiro atoms. The molecule has 2 aromatic rings. The first-order chi connectivity index (χ1) is 10.4. The van der Waals surface area contributed by atoms with Crippen molar-refractivity contribution in [2.45, 2.75) is 19.5 Å². The van der Waals surface area contributed by atoms with Crippen molar-refractivity contribution in [3.05, 3.63) is 40.0 Å². The van der Waals surface area contributed by atoms with E-state index >= 15 is 0 Å². The highest BCUT2D eigenvalue weighted by Gasteiger charge is 2.27. The first-order valence-electron chi connectivity index (χ1n) is 6.90. The van der Waals surface area contributed by atoms with Crippen molar-refractivity contribution in [3.63, 3.8) is 0 Å². The molecule has 0 bridgehead atoms. The average molecular weight is 341 g/mol. The van der Waals surface area contributed by atoms with Gasteiger partial charge in [-0.25, -0.2) is 8.42 Å². The van der Waals surface area contributed by atoms with Crippen molar-refractivity contribution in [2.75, 3.05) is 12.8 Å². The van der Waals surface area contributed by atoms with Gasteiger partial charge in [-0.1, -0.05) is 17.7 Å². The first kappa shape index (κ1) is 15.5. The maximum Gasteiger partial charge on any atom is 0.211 e. The quantitative estimate of drug-likeness (QED) is 0.885. The molecule has 0 fully saturated rings. The maximum absolute atomic E-state index is 11.8. The number of halogens is 1. The summed E-state index contributed by atoms with van der Waals surface area (Å²) in [5, 5.41) is 7.99.